The molecule has 0 unspecified atom stereocenters. The maximum absolute atomic E-state index is 12.4. The van der Waals surface area contributed by atoms with Crippen LogP contribution in [0.15, 0.2) is 29.1 Å². The van der Waals surface area contributed by atoms with Gasteiger partial charge in [-0.2, -0.15) is 0 Å². The van der Waals surface area contributed by atoms with Crippen LogP contribution in [0.1, 0.15) is 21.8 Å². The van der Waals surface area contributed by atoms with E-state index in [1.807, 2.05) is 32.0 Å². The number of aromatic nitrogens is 2. The van der Waals surface area contributed by atoms with Crippen LogP contribution in [0.3, 0.4) is 0 Å². The van der Waals surface area contributed by atoms with Gasteiger partial charge in [0, 0.05) is 43.3 Å². The first-order valence-corrected chi connectivity index (χ1v) is 10.1. The number of nitrogen functional groups attached to an aromatic ring is 1. The number of rotatable bonds is 4. The van der Waals surface area contributed by atoms with E-state index >= 15 is 0 Å². The van der Waals surface area contributed by atoms with Crippen molar-refractivity contribution in [2.75, 3.05) is 31.9 Å². The Balaban J connectivity index is 0.00000150. The second-order valence-electron chi connectivity index (χ2n) is 7.27. The molecule has 0 amide bonds. The maximum Gasteiger partial charge on any atom is 0.259 e. The lowest BCUT2D eigenvalue weighted by Gasteiger charge is -2.34. The van der Waals surface area contributed by atoms with Crippen LogP contribution in [0.5, 0.6) is 0 Å². The van der Waals surface area contributed by atoms with Crippen molar-refractivity contribution in [2.24, 2.45) is 0 Å². The van der Waals surface area contributed by atoms with Crippen LogP contribution in [-0.2, 0) is 13.1 Å². The molecular formula is C20H27Cl2N5OS. The molecule has 1 aromatic carbocycles. The molecule has 0 bridgehead atoms. The van der Waals surface area contributed by atoms with Gasteiger partial charge in [0.15, 0.2) is 0 Å². The predicted molar refractivity (Wildman–Crippen MR) is 126 cm³/mol. The number of thiophene rings is 1. The van der Waals surface area contributed by atoms with Crippen molar-refractivity contribution in [1.29, 1.82) is 0 Å². The Morgan fingerprint density at radius 2 is 1.76 bits per heavy atom. The molecule has 1 saturated heterocycles. The third-order valence-electron chi connectivity index (χ3n) is 5.28. The number of nitrogens with two attached hydrogens (primary N) is 1. The van der Waals surface area contributed by atoms with Gasteiger partial charge in [-0.3, -0.25) is 14.6 Å². The Morgan fingerprint density at radius 1 is 1.10 bits per heavy atom. The largest absolute Gasteiger partial charge is 0.399 e. The lowest BCUT2D eigenvalue weighted by Crippen LogP contribution is -2.45. The van der Waals surface area contributed by atoms with E-state index in [1.54, 1.807) is 11.3 Å². The first kappa shape index (κ1) is 23.6. The Labute approximate surface area is 186 Å². The van der Waals surface area contributed by atoms with Crippen molar-refractivity contribution < 1.29 is 0 Å². The van der Waals surface area contributed by atoms with Gasteiger partial charge in [-0.15, -0.1) is 36.2 Å². The van der Waals surface area contributed by atoms with Gasteiger partial charge < -0.3 is 10.7 Å². The number of H-pyrrole nitrogens is 1. The fourth-order valence-electron chi connectivity index (χ4n) is 3.64. The summed E-state index contributed by atoms with van der Waals surface area (Å²) >= 11 is 1.60. The van der Waals surface area contributed by atoms with Gasteiger partial charge in [-0.1, -0.05) is 12.1 Å². The highest BCUT2D eigenvalue weighted by Gasteiger charge is 2.19. The van der Waals surface area contributed by atoms with Gasteiger partial charge in [0.25, 0.3) is 5.56 Å². The zero-order chi connectivity index (χ0) is 19.0. The number of anilines is 1. The number of aromatic amines is 1. The van der Waals surface area contributed by atoms with Crippen molar-refractivity contribution in [3.05, 3.63) is 56.4 Å². The molecule has 0 saturated carbocycles. The Morgan fingerprint density at radius 3 is 2.41 bits per heavy atom. The van der Waals surface area contributed by atoms with Crippen LogP contribution < -0.4 is 11.3 Å². The zero-order valence-corrected chi connectivity index (χ0v) is 19.1. The highest BCUT2D eigenvalue weighted by molar-refractivity contribution is 7.18. The van der Waals surface area contributed by atoms with E-state index in [2.05, 4.69) is 20.9 Å². The van der Waals surface area contributed by atoms with E-state index in [0.717, 1.165) is 64.9 Å². The third kappa shape index (κ3) is 5.29. The number of nitrogens with zero attached hydrogens (tertiary/aromatic N) is 3. The summed E-state index contributed by atoms with van der Waals surface area (Å²) in [6.07, 6.45) is 0. The van der Waals surface area contributed by atoms with Crippen LogP contribution in [-0.4, -0.2) is 45.9 Å². The Kier molecular flexibility index (Phi) is 8.08. The fraction of sp³-hybridized carbons (Fsp3) is 0.400. The van der Waals surface area contributed by atoms with Gasteiger partial charge in [-0.05, 0) is 37.1 Å². The molecule has 0 aliphatic carbocycles. The first-order chi connectivity index (χ1) is 13.0. The van der Waals surface area contributed by atoms with Crippen LogP contribution >= 0.6 is 36.2 Å². The Bertz CT molecular complexity index is 1030. The minimum Gasteiger partial charge on any atom is -0.399 e. The molecule has 1 aliphatic rings. The lowest BCUT2D eigenvalue weighted by atomic mass is 10.2. The molecule has 2 aromatic heterocycles. The maximum atomic E-state index is 12.4. The molecule has 158 valence electrons. The van der Waals surface area contributed by atoms with Crippen LogP contribution in [0, 0.1) is 13.8 Å². The SMILES string of the molecule is Cc1sc2nc(CN3CCN(Cc4cccc(N)c4)CC3)[nH]c(=O)c2c1C.Cl.Cl. The number of hydrogen-bond acceptors (Lipinski definition) is 6. The minimum atomic E-state index is -0.0165. The molecular weight excluding hydrogens is 429 g/mol. The second kappa shape index (κ2) is 9.91. The minimum absolute atomic E-state index is 0. The molecule has 1 aliphatic heterocycles. The van der Waals surface area contributed by atoms with Gasteiger partial charge in [0.1, 0.15) is 10.7 Å². The molecule has 9 heteroatoms. The van der Waals surface area contributed by atoms with Gasteiger partial charge in [-0.25, -0.2) is 4.98 Å². The number of aryl methyl sites for hydroxylation is 2. The topological polar surface area (TPSA) is 78.2 Å². The fourth-order valence-corrected chi connectivity index (χ4v) is 4.69. The quantitative estimate of drug-likeness (QED) is 0.589. The summed E-state index contributed by atoms with van der Waals surface area (Å²) in [6.45, 7) is 9.57. The molecule has 3 N–H and O–H groups in total. The summed E-state index contributed by atoms with van der Waals surface area (Å²) in [5.41, 5.74) is 8.97. The van der Waals surface area contributed by atoms with E-state index in [1.165, 1.54) is 5.56 Å². The van der Waals surface area contributed by atoms with E-state index in [9.17, 15) is 4.79 Å². The van der Waals surface area contributed by atoms with Crippen molar-refractivity contribution in [3.8, 4) is 0 Å². The molecule has 3 aromatic rings. The lowest BCUT2D eigenvalue weighted by molar-refractivity contribution is 0.120. The number of nitrogens with one attached hydrogen (secondary N) is 1. The first-order valence-electron chi connectivity index (χ1n) is 9.27. The molecule has 29 heavy (non-hydrogen) atoms. The average molecular weight is 456 g/mol. The van der Waals surface area contributed by atoms with Crippen molar-refractivity contribution in [3.63, 3.8) is 0 Å². The molecule has 3 heterocycles. The van der Waals surface area contributed by atoms with Gasteiger partial charge in [0.2, 0.25) is 0 Å². The van der Waals surface area contributed by atoms with Crippen LogP contribution in [0.4, 0.5) is 5.69 Å². The van der Waals surface area contributed by atoms with Gasteiger partial charge in [0.05, 0.1) is 11.9 Å². The summed E-state index contributed by atoms with van der Waals surface area (Å²) < 4.78 is 0. The standard InChI is InChI=1S/C20H25N5OS.2ClH/c1-13-14(2)27-20-18(13)19(26)22-17(23-20)12-25-8-6-24(7-9-25)11-15-4-3-5-16(21)10-15;;/h3-5,10H,6-9,11-12,21H2,1-2H3,(H,22,23,26);2*1H. The van der Waals surface area contributed by atoms with Gasteiger partial charge >= 0.3 is 0 Å². The highest BCUT2D eigenvalue weighted by Crippen LogP contribution is 2.25. The van der Waals surface area contributed by atoms with Crippen LogP contribution in [0.25, 0.3) is 10.2 Å². The smallest absolute Gasteiger partial charge is 0.259 e. The van der Waals surface area contributed by atoms with E-state index in [0.29, 0.717) is 6.54 Å². The van der Waals surface area contributed by atoms with E-state index < -0.39 is 0 Å². The summed E-state index contributed by atoms with van der Waals surface area (Å²) in [6, 6.07) is 8.09. The zero-order valence-electron chi connectivity index (χ0n) is 16.6. The molecule has 0 atom stereocenters. The Hall–Kier alpha value is -1.64. The second-order valence-corrected chi connectivity index (χ2v) is 8.48. The summed E-state index contributed by atoms with van der Waals surface area (Å²) in [7, 11) is 0. The molecule has 0 spiro atoms. The molecule has 1 fully saturated rings. The van der Waals surface area contributed by atoms with Crippen molar-refractivity contribution in [2.45, 2.75) is 26.9 Å². The number of fused-ring (bicyclic) bond motifs is 1. The monoisotopic (exact) mass is 455 g/mol. The molecule has 4 rings (SSSR count). The molecule has 0 radical (unpaired) electrons. The summed E-state index contributed by atoms with van der Waals surface area (Å²) in [5.74, 6) is 0.762. The third-order valence-corrected chi connectivity index (χ3v) is 6.38. The van der Waals surface area contributed by atoms with E-state index in [4.69, 9.17) is 10.7 Å². The average Bonchev–Trinajstić information content (AvgIpc) is 2.91. The van der Waals surface area contributed by atoms with Crippen molar-refractivity contribution >= 4 is 52.1 Å². The number of halogens is 2. The summed E-state index contributed by atoms with van der Waals surface area (Å²) in [5, 5.41) is 0.744. The number of hydrogen-bond donors (Lipinski definition) is 2. The molecule has 6 nitrogen and oxygen atoms in total. The number of benzene rings is 1. The predicted octanol–water partition coefficient (Wildman–Crippen LogP) is 3.35. The summed E-state index contributed by atoms with van der Waals surface area (Å²) in [4.78, 5) is 26.9. The van der Waals surface area contributed by atoms with Crippen molar-refractivity contribution in [1.82, 2.24) is 19.8 Å². The van der Waals surface area contributed by atoms with E-state index in [-0.39, 0.29) is 30.4 Å². The number of piperazine rings is 1. The normalized spacial score (nSPS) is 15.1. The van der Waals surface area contributed by atoms with Crippen LogP contribution in [0.2, 0.25) is 0 Å². The highest BCUT2D eigenvalue weighted by atomic mass is 35.5.